The molecule has 100 valence electrons. The first-order chi connectivity index (χ1) is 8.54. The summed E-state index contributed by atoms with van der Waals surface area (Å²) >= 11 is 0. The van der Waals surface area contributed by atoms with Gasteiger partial charge in [-0.25, -0.2) is 0 Å². The number of β-amino-alcohol motifs (C(OH)–C–C–N with tert-alkyl or cyclic N) is 1. The number of aliphatic hydroxyl groups is 1. The molecule has 0 amide bonds. The van der Waals surface area contributed by atoms with Gasteiger partial charge in [-0.3, -0.25) is 4.90 Å². The molecule has 0 aliphatic carbocycles. The molecule has 0 radical (unpaired) electrons. The van der Waals surface area contributed by atoms with Gasteiger partial charge in [-0.05, 0) is 33.0 Å². The summed E-state index contributed by atoms with van der Waals surface area (Å²) in [5.74, 6) is 0. The van der Waals surface area contributed by atoms with E-state index in [0.29, 0.717) is 6.04 Å². The molecule has 0 aromatic heterocycles. The Morgan fingerprint density at radius 3 is 2.56 bits per heavy atom. The summed E-state index contributed by atoms with van der Waals surface area (Å²) < 4.78 is 0. The lowest BCUT2D eigenvalue weighted by Gasteiger charge is -2.26. The lowest BCUT2D eigenvalue weighted by atomic mass is 10.1. The zero-order valence-corrected chi connectivity index (χ0v) is 11.6. The molecule has 2 unspecified atom stereocenters. The van der Waals surface area contributed by atoms with Crippen molar-refractivity contribution in [1.82, 2.24) is 9.80 Å². The molecule has 2 atom stereocenters. The SMILES string of the molecule is Cc1ccc(CN2CC(O)CC2CN(C)C)cc1. The summed E-state index contributed by atoms with van der Waals surface area (Å²) in [7, 11) is 4.18. The molecule has 1 N–H and O–H groups in total. The number of hydrogen-bond acceptors (Lipinski definition) is 3. The number of hydrogen-bond donors (Lipinski definition) is 1. The highest BCUT2D eigenvalue weighted by molar-refractivity contribution is 5.21. The van der Waals surface area contributed by atoms with Gasteiger partial charge in [0.05, 0.1) is 6.10 Å². The standard InChI is InChI=1S/C15H24N2O/c1-12-4-6-13(7-5-12)9-17-11-15(18)8-14(17)10-16(2)3/h4-7,14-15,18H,8-11H2,1-3H3. The van der Waals surface area contributed by atoms with Gasteiger partial charge in [0.25, 0.3) is 0 Å². The highest BCUT2D eigenvalue weighted by atomic mass is 16.3. The van der Waals surface area contributed by atoms with Crippen LogP contribution in [0.2, 0.25) is 0 Å². The molecule has 2 rings (SSSR count). The minimum atomic E-state index is -0.166. The zero-order valence-electron chi connectivity index (χ0n) is 11.6. The summed E-state index contributed by atoms with van der Waals surface area (Å²) in [6.07, 6.45) is 0.727. The van der Waals surface area contributed by atoms with E-state index in [-0.39, 0.29) is 6.10 Å². The van der Waals surface area contributed by atoms with Crippen LogP contribution in [0.3, 0.4) is 0 Å². The Morgan fingerprint density at radius 2 is 1.94 bits per heavy atom. The van der Waals surface area contributed by atoms with Crippen molar-refractivity contribution in [3.63, 3.8) is 0 Å². The van der Waals surface area contributed by atoms with Gasteiger partial charge in [-0.2, -0.15) is 0 Å². The summed E-state index contributed by atoms with van der Waals surface area (Å²) in [6.45, 7) is 4.86. The van der Waals surface area contributed by atoms with Crippen molar-refractivity contribution in [3.05, 3.63) is 35.4 Å². The van der Waals surface area contributed by atoms with E-state index in [2.05, 4.69) is 55.1 Å². The van der Waals surface area contributed by atoms with Crippen molar-refractivity contribution in [3.8, 4) is 0 Å². The maximum atomic E-state index is 9.84. The Hall–Kier alpha value is -0.900. The number of likely N-dealkylation sites (N-methyl/N-ethyl adjacent to an activating group) is 1. The summed E-state index contributed by atoms with van der Waals surface area (Å²) in [5, 5.41) is 9.84. The van der Waals surface area contributed by atoms with Gasteiger partial charge in [0.2, 0.25) is 0 Å². The first-order valence-corrected chi connectivity index (χ1v) is 6.67. The number of aliphatic hydroxyl groups excluding tert-OH is 1. The van der Waals surface area contributed by atoms with Crippen LogP contribution in [0.15, 0.2) is 24.3 Å². The second-order valence-corrected chi connectivity index (χ2v) is 5.72. The molecule has 1 aliphatic rings. The molecule has 18 heavy (non-hydrogen) atoms. The molecule has 1 aromatic rings. The summed E-state index contributed by atoms with van der Waals surface area (Å²) in [5.41, 5.74) is 2.63. The smallest absolute Gasteiger partial charge is 0.0682 e. The first kappa shape index (κ1) is 13.5. The highest BCUT2D eigenvalue weighted by Crippen LogP contribution is 2.21. The van der Waals surface area contributed by atoms with Crippen LogP contribution in [0.25, 0.3) is 0 Å². The lowest BCUT2D eigenvalue weighted by molar-refractivity contribution is 0.169. The van der Waals surface area contributed by atoms with Crippen molar-refractivity contribution in [2.24, 2.45) is 0 Å². The predicted octanol–water partition coefficient (Wildman–Crippen LogP) is 1.49. The van der Waals surface area contributed by atoms with Gasteiger partial charge < -0.3 is 10.0 Å². The number of benzene rings is 1. The van der Waals surface area contributed by atoms with Crippen molar-refractivity contribution in [2.45, 2.75) is 32.0 Å². The molecule has 0 spiro atoms. The van der Waals surface area contributed by atoms with Crippen LogP contribution in [-0.4, -0.2) is 54.2 Å². The minimum Gasteiger partial charge on any atom is -0.392 e. The fourth-order valence-corrected chi connectivity index (χ4v) is 2.69. The number of likely N-dealkylation sites (tertiary alicyclic amines) is 1. The highest BCUT2D eigenvalue weighted by Gasteiger charge is 2.30. The van der Waals surface area contributed by atoms with Gasteiger partial charge in [-0.15, -0.1) is 0 Å². The molecule has 1 fully saturated rings. The first-order valence-electron chi connectivity index (χ1n) is 6.67. The Morgan fingerprint density at radius 1 is 1.28 bits per heavy atom. The molecule has 1 aromatic carbocycles. The van der Waals surface area contributed by atoms with Crippen LogP contribution in [0, 0.1) is 6.92 Å². The normalized spacial score (nSPS) is 24.9. The van der Waals surface area contributed by atoms with Crippen molar-refractivity contribution in [1.29, 1.82) is 0 Å². The third-order valence-electron chi connectivity index (χ3n) is 3.59. The van der Waals surface area contributed by atoms with Crippen molar-refractivity contribution >= 4 is 0 Å². The molecule has 3 heteroatoms. The Balaban J connectivity index is 2.00. The second kappa shape index (κ2) is 5.83. The average molecular weight is 248 g/mol. The molecular formula is C15H24N2O. The maximum Gasteiger partial charge on any atom is 0.0682 e. The fraction of sp³-hybridized carbons (Fsp3) is 0.600. The van der Waals surface area contributed by atoms with E-state index < -0.39 is 0 Å². The van der Waals surface area contributed by atoms with Gasteiger partial charge in [0.15, 0.2) is 0 Å². The zero-order chi connectivity index (χ0) is 13.1. The molecule has 0 saturated carbocycles. The van der Waals surface area contributed by atoms with E-state index in [0.717, 1.165) is 26.1 Å². The number of nitrogens with zero attached hydrogens (tertiary/aromatic N) is 2. The fourth-order valence-electron chi connectivity index (χ4n) is 2.69. The average Bonchev–Trinajstić information content (AvgIpc) is 2.61. The molecule has 0 bridgehead atoms. The third kappa shape index (κ3) is 3.55. The van der Waals surface area contributed by atoms with E-state index in [1.165, 1.54) is 11.1 Å². The van der Waals surface area contributed by atoms with Gasteiger partial charge in [-0.1, -0.05) is 29.8 Å². The minimum absolute atomic E-state index is 0.166. The van der Waals surface area contributed by atoms with E-state index >= 15 is 0 Å². The van der Waals surface area contributed by atoms with Crippen LogP contribution in [0.5, 0.6) is 0 Å². The van der Waals surface area contributed by atoms with Crippen LogP contribution >= 0.6 is 0 Å². The Bertz CT molecular complexity index is 375. The Kier molecular flexibility index (Phi) is 4.38. The largest absolute Gasteiger partial charge is 0.392 e. The third-order valence-corrected chi connectivity index (χ3v) is 3.59. The van der Waals surface area contributed by atoms with E-state index in [1.807, 2.05) is 0 Å². The molecular weight excluding hydrogens is 224 g/mol. The monoisotopic (exact) mass is 248 g/mol. The van der Waals surface area contributed by atoms with Crippen molar-refractivity contribution < 1.29 is 5.11 Å². The Labute approximate surface area is 110 Å². The van der Waals surface area contributed by atoms with Crippen LogP contribution < -0.4 is 0 Å². The molecule has 1 saturated heterocycles. The molecule has 1 aliphatic heterocycles. The topological polar surface area (TPSA) is 26.7 Å². The van der Waals surface area contributed by atoms with Gasteiger partial charge in [0, 0.05) is 25.7 Å². The molecule has 3 nitrogen and oxygen atoms in total. The number of aryl methyl sites for hydroxylation is 1. The van der Waals surface area contributed by atoms with Gasteiger partial charge in [0.1, 0.15) is 0 Å². The van der Waals surface area contributed by atoms with Gasteiger partial charge >= 0.3 is 0 Å². The predicted molar refractivity (Wildman–Crippen MR) is 74.6 cm³/mol. The molecule has 1 heterocycles. The van der Waals surface area contributed by atoms with E-state index in [4.69, 9.17) is 0 Å². The van der Waals surface area contributed by atoms with Crippen LogP contribution in [0.1, 0.15) is 17.5 Å². The quantitative estimate of drug-likeness (QED) is 0.874. The van der Waals surface area contributed by atoms with Crippen molar-refractivity contribution in [2.75, 3.05) is 27.2 Å². The lowest BCUT2D eigenvalue weighted by Crippen LogP contribution is -2.37. The summed E-state index contributed by atoms with van der Waals surface area (Å²) in [4.78, 5) is 4.60. The van der Waals surface area contributed by atoms with Crippen LogP contribution in [0.4, 0.5) is 0 Å². The summed E-state index contributed by atoms with van der Waals surface area (Å²) in [6, 6.07) is 9.15. The number of rotatable bonds is 4. The van der Waals surface area contributed by atoms with Crippen LogP contribution in [-0.2, 0) is 6.54 Å². The van der Waals surface area contributed by atoms with E-state index in [1.54, 1.807) is 0 Å². The second-order valence-electron chi connectivity index (χ2n) is 5.72. The van der Waals surface area contributed by atoms with E-state index in [9.17, 15) is 5.11 Å². The maximum absolute atomic E-state index is 9.84.